The van der Waals surface area contributed by atoms with Gasteiger partial charge in [0.1, 0.15) is 42.3 Å². The summed E-state index contributed by atoms with van der Waals surface area (Å²) in [5, 5.41) is 58.1. The highest BCUT2D eigenvalue weighted by atomic mass is 32.2. The number of thioether (sulfide) groups is 1. The minimum absolute atomic E-state index is 0.170. The highest BCUT2D eigenvalue weighted by molar-refractivity contribution is 7.99. The van der Waals surface area contributed by atoms with Crippen molar-refractivity contribution in [3.63, 3.8) is 0 Å². The van der Waals surface area contributed by atoms with Gasteiger partial charge in [-0.3, -0.25) is 33.6 Å². The van der Waals surface area contributed by atoms with Crippen LogP contribution >= 0.6 is 11.8 Å². The summed E-state index contributed by atoms with van der Waals surface area (Å²) >= 11 is 1.08. The van der Waals surface area contributed by atoms with Gasteiger partial charge in [0.05, 0.1) is 29.4 Å². The third kappa shape index (κ3) is 9.55. The number of para-hydroxylation sites is 1. The van der Waals surface area contributed by atoms with Gasteiger partial charge < -0.3 is 62.2 Å². The molecule has 7 amide bonds. The molecular weight excluding hydrogens is 740 g/mol. The molecule has 0 unspecified atom stereocenters. The molecule has 0 saturated carbocycles. The lowest BCUT2D eigenvalue weighted by Crippen LogP contribution is -2.61. The van der Waals surface area contributed by atoms with Crippen molar-refractivity contribution in [1.82, 2.24) is 41.8 Å². The van der Waals surface area contributed by atoms with Crippen LogP contribution in [0, 0.1) is 0 Å². The summed E-state index contributed by atoms with van der Waals surface area (Å²) in [7, 11) is 0. The van der Waals surface area contributed by atoms with E-state index in [9.17, 15) is 54.0 Å². The van der Waals surface area contributed by atoms with Crippen molar-refractivity contribution < 1.29 is 54.0 Å². The Balaban J connectivity index is 1.69. The maximum absolute atomic E-state index is 14.3. The summed E-state index contributed by atoms with van der Waals surface area (Å²) in [4.78, 5) is 101. The number of carbonyl (C=O) groups is 7. The van der Waals surface area contributed by atoms with Crippen molar-refractivity contribution in [2.24, 2.45) is 0 Å². The number of carbonyl (C=O) groups excluding carboxylic acids is 7. The number of aliphatic hydroxyl groups is 4. The fraction of sp³-hybridized carbons (Fsp3) is 0.571. The van der Waals surface area contributed by atoms with Crippen molar-refractivity contribution in [3.8, 4) is 0 Å². The number of aromatic amines is 1. The molecule has 19 nitrogen and oxygen atoms in total. The highest BCUT2D eigenvalue weighted by Gasteiger charge is 2.44. The average molecular weight is 789 g/mol. The van der Waals surface area contributed by atoms with E-state index in [1.165, 1.54) is 27.7 Å². The Morgan fingerprint density at radius 3 is 2.16 bits per heavy atom. The maximum atomic E-state index is 14.3. The largest absolute Gasteiger partial charge is 0.393 e. The minimum atomic E-state index is -1.90. The summed E-state index contributed by atoms with van der Waals surface area (Å²) in [5.74, 6) is -6.26. The summed E-state index contributed by atoms with van der Waals surface area (Å²) < 4.78 is 0. The second-order valence-corrected chi connectivity index (χ2v) is 15.6. The smallest absolute Gasteiger partial charge is 0.246 e. The number of nitrogens with zero attached hydrogens (tertiary/aromatic N) is 1. The van der Waals surface area contributed by atoms with E-state index in [1.54, 1.807) is 24.3 Å². The van der Waals surface area contributed by atoms with Gasteiger partial charge in [0, 0.05) is 42.5 Å². The number of hydrogen-bond acceptors (Lipinski definition) is 12. The first-order chi connectivity index (χ1) is 25.9. The molecule has 11 N–H and O–H groups in total. The van der Waals surface area contributed by atoms with E-state index in [4.69, 9.17) is 0 Å². The molecular formula is C35H48N8O11S. The first kappa shape index (κ1) is 41.4. The summed E-state index contributed by atoms with van der Waals surface area (Å²) in [6.07, 6.45) is -3.53. The minimum Gasteiger partial charge on any atom is -0.393 e. The van der Waals surface area contributed by atoms with Crippen molar-refractivity contribution in [2.75, 3.05) is 18.9 Å². The zero-order valence-corrected chi connectivity index (χ0v) is 31.6. The summed E-state index contributed by atoms with van der Waals surface area (Å²) in [6, 6.07) is -2.86. The molecule has 1 aromatic carbocycles. The van der Waals surface area contributed by atoms with Gasteiger partial charge in [-0.05, 0) is 39.3 Å². The van der Waals surface area contributed by atoms with Gasteiger partial charge in [0.25, 0.3) is 0 Å². The lowest BCUT2D eigenvalue weighted by Gasteiger charge is -2.31. The normalized spacial score (nSPS) is 30.8. The molecule has 4 heterocycles. The number of fused-ring (bicyclic) bond motifs is 5. The fourth-order valence-corrected chi connectivity index (χ4v) is 7.85. The number of amides is 7. The molecule has 0 spiro atoms. The number of rotatable bonds is 4. The number of benzene rings is 1. The lowest BCUT2D eigenvalue weighted by atomic mass is 9.96. The van der Waals surface area contributed by atoms with Gasteiger partial charge in [-0.15, -0.1) is 11.8 Å². The molecule has 3 aliphatic heterocycles. The Kier molecular flexibility index (Phi) is 12.8. The highest BCUT2D eigenvalue weighted by Crippen LogP contribution is 2.32. The number of aliphatic hydroxyl groups excluding tert-OH is 3. The van der Waals surface area contributed by atoms with E-state index in [0.717, 1.165) is 16.7 Å². The molecule has 5 rings (SSSR count). The van der Waals surface area contributed by atoms with E-state index in [1.807, 2.05) is 0 Å². The molecule has 0 radical (unpaired) electrons. The van der Waals surface area contributed by atoms with Crippen LogP contribution in [-0.2, 0) is 40.0 Å². The van der Waals surface area contributed by atoms with Crippen molar-refractivity contribution in [2.45, 2.75) is 112 Å². The predicted octanol–water partition coefficient (Wildman–Crippen LogP) is -3.75. The van der Waals surface area contributed by atoms with Crippen LogP contribution in [-0.4, -0.2) is 151 Å². The second-order valence-electron chi connectivity index (χ2n) is 14.6. The Labute approximate surface area is 320 Å². The third-order valence-electron chi connectivity index (χ3n) is 9.87. The quantitative estimate of drug-likeness (QED) is 0.143. The molecule has 10 atom stereocenters. The van der Waals surface area contributed by atoms with E-state index < -0.39 is 114 Å². The van der Waals surface area contributed by atoms with Gasteiger partial charge in [-0.2, -0.15) is 0 Å². The van der Waals surface area contributed by atoms with Crippen LogP contribution < -0.4 is 31.9 Å². The number of nitrogens with one attached hydrogen (secondary N) is 7. The SMILES string of the molecule is C[C@@H]1NC(=O)[C@@H]2C[C@@H](O)CN2C(=O)[C@H]2CSc3[nH]c4ccccc4c3C[C@@H](NC1=O)C(=O)N[C@@H](C[C@](C)(O)CO)C(=O)N[C@H](C)C(=O)N[C@H]([C@@H](C)O)C(=O)N2. The molecule has 1 fully saturated rings. The molecule has 3 aliphatic rings. The van der Waals surface area contributed by atoms with Crippen LogP contribution in [0.1, 0.15) is 46.1 Å². The monoisotopic (exact) mass is 788 g/mol. The van der Waals surface area contributed by atoms with E-state index in [-0.39, 0.29) is 25.1 Å². The topological polar surface area (TPSA) is 292 Å². The van der Waals surface area contributed by atoms with Crippen LogP contribution in [0.25, 0.3) is 10.9 Å². The summed E-state index contributed by atoms with van der Waals surface area (Å²) in [5.41, 5.74) is -0.741. The Morgan fingerprint density at radius 1 is 0.855 bits per heavy atom. The molecule has 0 aliphatic carbocycles. The maximum Gasteiger partial charge on any atom is 0.246 e. The zero-order chi connectivity index (χ0) is 40.4. The zero-order valence-electron chi connectivity index (χ0n) is 30.8. The number of aromatic nitrogens is 1. The average Bonchev–Trinajstić information content (AvgIpc) is 3.69. The van der Waals surface area contributed by atoms with Crippen LogP contribution in [0.15, 0.2) is 29.3 Å². The van der Waals surface area contributed by atoms with Gasteiger partial charge in [0.15, 0.2) is 0 Å². The Bertz CT molecular complexity index is 1840. The standard InChI is InChI=1S/C35H48N8O11S/c1-15-27(47)38-22-10-20-19-7-5-6-8-21(19)41-33(20)55-13-24(34(53)43-12-18(46)9-25(43)31(51)37-15)40-32(52)26(17(3)45)42-28(48)16(2)36-30(50)23(39-29(22)49)11-35(4,54)14-44/h5-8,15-18,22-26,41,44-46,54H,9-14H2,1-4H3,(H,36,50)(H,37,51)(H,38,47)(H,39,49)(H,40,52)(H,42,48)/t15-,16+,17+,18+,22+,23-,24+,25-,26+,35-/m0/s1. The summed E-state index contributed by atoms with van der Waals surface area (Å²) in [6.45, 7) is 4.02. The van der Waals surface area contributed by atoms with Gasteiger partial charge >= 0.3 is 0 Å². The van der Waals surface area contributed by atoms with E-state index >= 15 is 0 Å². The fourth-order valence-electron chi connectivity index (χ4n) is 6.74. The number of H-pyrrole nitrogens is 1. The molecule has 2 bridgehead atoms. The van der Waals surface area contributed by atoms with E-state index in [2.05, 4.69) is 36.9 Å². The van der Waals surface area contributed by atoms with Crippen molar-refractivity contribution >= 4 is 64.0 Å². The van der Waals surface area contributed by atoms with Gasteiger partial charge in [-0.25, -0.2) is 0 Å². The first-order valence-corrected chi connectivity index (χ1v) is 18.9. The molecule has 2 aromatic rings. The molecule has 1 saturated heterocycles. The van der Waals surface area contributed by atoms with Crippen LogP contribution in [0.5, 0.6) is 0 Å². The van der Waals surface area contributed by atoms with Crippen LogP contribution in [0.2, 0.25) is 0 Å². The first-order valence-electron chi connectivity index (χ1n) is 17.9. The van der Waals surface area contributed by atoms with E-state index in [0.29, 0.717) is 21.5 Å². The number of hydrogen-bond donors (Lipinski definition) is 11. The van der Waals surface area contributed by atoms with Crippen molar-refractivity contribution in [1.29, 1.82) is 0 Å². The lowest BCUT2D eigenvalue weighted by molar-refractivity contribution is -0.142. The third-order valence-corrected chi connectivity index (χ3v) is 11.0. The van der Waals surface area contributed by atoms with Crippen LogP contribution in [0.4, 0.5) is 0 Å². The molecule has 20 heteroatoms. The van der Waals surface area contributed by atoms with Gasteiger partial charge in [0.2, 0.25) is 41.4 Å². The Morgan fingerprint density at radius 2 is 1.49 bits per heavy atom. The Hall–Kier alpha value is -4.76. The van der Waals surface area contributed by atoms with Crippen molar-refractivity contribution in [3.05, 3.63) is 29.8 Å². The van der Waals surface area contributed by atoms with Crippen LogP contribution in [0.3, 0.4) is 0 Å². The molecule has 300 valence electrons. The molecule has 1 aromatic heterocycles. The second kappa shape index (κ2) is 16.9. The predicted molar refractivity (Wildman–Crippen MR) is 196 cm³/mol. The van der Waals surface area contributed by atoms with Gasteiger partial charge in [-0.1, -0.05) is 18.2 Å². The molecule has 55 heavy (non-hydrogen) atoms.